The maximum absolute atomic E-state index is 11.0. The summed E-state index contributed by atoms with van der Waals surface area (Å²) in [5, 5.41) is 12.4. The van der Waals surface area contributed by atoms with E-state index >= 15 is 0 Å². The highest BCUT2D eigenvalue weighted by atomic mass is 16.4. The van der Waals surface area contributed by atoms with Gasteiger partial charge in [0.1, 0.15) is 0 Å². The predicted molar refractivity (Wildman–Crippen MR) is 68.2 cm³/mol. The number of para-hydroxylation sites is 1. The third kappa shape index (κ3) is 2.35. The van der Waals surface area contributed by atoms with Crippen LogP contribution < -0.4 is 11.1 Å². The zero-order valence-electron chi connectivity index (χ0n) is 10.2. The summed E-state index contributed by atoms with van der Waals surface area (Å²) in [6, 6.07) is 5.06. The van der Waals surface area contributed by atoms with Crippen molar-refractivity contribution in [2.75, 3.05) is 11.1 Å². The molecule has 1 aromatic rings. The minimum atomic E-state index is -0.990. The van der Waals surface area contributed by atoms with Gasteiger partial charge in [0.15, 0.2) is 0 Å². The van der Waals surface area contributed by atoms with Gasteiger partial charge in [0.25, 0.3) is 0 Å². The molecule has 0 aromatic heterocycles. The molecule has 4 nitrogen and oxygen atoms in total. The molecule has 1 aliphatic carbocycles. The molecule has 1 fully saturated rings. The topological polar surface area (TPSA) is 75.3 Å². The summed E-state index contributed by atoms with van der Waals surface area (Å²) in [4.78, 5) is 11.0. The fourth-order valence-corrected chi connectivity index (χ4v) is 2.11. The Labute approximate surface area is 101 Å². The molecular weight excluding hydrogens is 216 g/mol. The normalized spacial score (nSPS) is 15.6. The van der Waals surface area contributed by atoms with Crippen LogP contribution in [0.3, 0.4) is 0 Å². The average molecular weight is 234 g/mol. The molecule has 4 heteroatoms. The fourth-order valence-electron chi connectivity index (χ4n) is 2.11. The highest BCUT2D eigenvalue weighted by Crippen LogP contribution is 2.42. The molecule has 0 radical (unpaired) electrons. The van der Waals surface area contributed by atoms with Crippen molar-refractivity contribution in [2.45, 2.75) is 32.2 Å². The van der Waals surface area contributed by atoms with Crippen molar-refractivity contribution in [1.29, 1.82) is 0 Å². The van der Waals surface area contributed by atoms with Gasteiger partial charge in [-0.15, -0.1) is 0 Å². The molecule has 2 rings (SSSR count). The molecule has 4 N–H and O–H groups in total. The van der Waals surface area contributed by atoms with E-state index in [9.17, 15) is 4.79 Å². The first kappa shape index (κ1) is 11.8. The largest absolute Gasteiger partial charge is 0.478 e. The molecule has 0 spiro atoms. The van der Waals surface area contributed by atoms with Gasteiger partial charge >= 0.3 is 5.97 Å². The number of nitrogens with one attached hydrogen (secondary N) is 1. The van der Waals surface area contributed by atoms with Crippen LogP contribution in [0.2, 0.25) is 0 Å². The minimum Gasteiger partial charge on any atom is -0.478 e. The molecule has 1 aromatic carbocycles. The second-order valence-electron chi connectivity index (χ2n) is 5.19. The Morgan fingerprint density at radius 3 is 2.65 bits per heavy atom. The summed E-state index contributed by atoms with van der Waals surface area (Å²) < 4.78 is 0. The van der Waals surface area contributed by atoms with Crippen LogP contribution in [0.1, 0.15) is 37.0 Å². The Bertz CT molecular complexity index is 451. The van der Waals surface area contributed by atoms with Crippen LogP contribution in [0.5, 0.6) is 0 Å². The molecule has 0 saturated heterocycles. The van der Waals surface area contributed by atoms with Crippen molar-refractivity contribution in [2.24, 2.45) is 5.92 Å². The lowest BCUT2D eigenvalue weighted by molar-refractivity contribution is 0.0698. The van der Waals surface area contributed by atoms with Gasteiger partial charge < -0.3 is 16.2 Å². The lowest BCUT2D eigenvalue weighted by Crippen LogP contribution is -2.33. The van der Waals surface area contributed by atoms with Crippen LogP contribution in [-0.4, -0.2) is 16.6 Å². The predicted octanol–water partition coefficient (Wildman–Crippen LogP) is 2.57. The molecular formula is C13H18N2O2. The van der Waals surface area contributed by atoms with Gasteiger partial charge in [0.05, 0.1) is 16.9 Å². The number of benzene rings is 1. The van der Waals surface area contributed by atoms with E-state index in [-0.39, 0.29) is 11.1 Å². The van der Waals surface area contributed by atoms with E-state index in [1.807, 2.05) is 6.07 Å². The van der Waals surface area contributed by atoms with Crippen LogP contribution >= 0.6 is 0 Å². The van der Waals surface area contributed by atoms with Gasteiger partial charge in [-0.2, -0.15) is 0 Å². The number of rotatable bonds is 4. The number of carbonyl (C=O) groups is 1. The van der Waals surface area contributed by atoms with E-state index < -0.39 is 5.97 Å². The van der Waals surface area contributed by atoms with E-state index in [1.54, 1.807) is 6.07 Å². The lowest BCUT2D eigenvalue weighted by atomic mass is 9.97. The van der Waals surface area contributed by atoms with Crippen LogP contribution in [0.4, 0.5) is 11.4 Å². The summed E-state index contributed by atoms with van der Waals surface area (Å²) in [5.41, 5.74) is 7.01. The van der Waals surface area contributed by atoms with Crippen molar-refractivity contribution >= 4 is 17.3 Å². The van der Waals surface area contributed by atoms with Gasteiger partial charge in [-0.3, -0.25) is 0 Å². The maximum Gasteiger partial charge on any atom is 0.337 e. The molecule has 0 aliphatic heterocycles. The Hall–Kier alpha value is -1.71. The van der Waals surface area contributed by atoms with Crippen LogP contribution in [0.25, 0.3) is 0 Å². The highest BCUT2D eigenvalue weighted by molar-refractivity contribution is 5.97. The SMILES string of the molecule is CC(C)(Nc1cccc(C(=O)O)c1N)C1CC1. The Kier molecular flexibility index (Phi) is 2.73. The van der Waals surface area contributed by atoms with E-state index in [0.717, 1.165) is 0 Å². The Morgan fingerprint density at radius 1 is 1.47 bits per heavy atom. The molecule has 92 valence electrons. The standard InChI is InChI=1S/C13H18N2O2/c1-13(2,8-6-7-8)15-10-5-3-4-9(11(10)14)12(16)17/h3-5,8,15H,6-7,14H2,1-2H3,(H,16,17). The fraction of sp³-hybridized carbons (Fsp3) is 0.462. The monoisotopic (exact) mass is 234 g/mol. The first-order valence-corrected chi connectivity index (χ1v) is 5.82. The lowest BCUT2D eigenvalue weighted by Gasteiger charge is -2.28. The molecule has 1 aliphatic rings. The highest BCUT2D eigenvalue weighted by Gasteiger charge is 2.37. The number of aromatic carboxylic acids is 1. The number of hydrogen-bond acceptors (Lipinski definition) is 3. The van der Waals surface area contributed by atoms with E-state index in [0.29, 0.717) is 17.3 Å². The van der Waals surface area contributed by atoms with Crippen molar-refractivity contribution in [1.82, 2.24) is 0 Å². The molecule has 0 atom stereocenters. The smallest absolute Gasteiger partial charge is 0.337 e. The summed E-state index contributed by atoms with van der Waals surface area (Å²) in [7, 11) is 0. The molecule has 0 heterocycles. The molecule has 17 heavy (non-hydrogen) atoms. The maximum atomic E-state index is 11.0. The van der Waals surface area contributed by atoms with Gasteiger partial charge in [-0.05, 0) is 44.7 Å². The molecule has 0 amide bonds. The quantitative estimate of drug-likeness (QED) is 0.700. The van der Waals surface area contributed by atoms with Gasteiger partial charge in [-0.1, -0.05) is 6.07 Å². The summed E-state index contributed by atoms with van der Waals surface area (Å²) in [6.45, 7) is 4.25. The molecule has 1 saturated carbocycles. The first-order chi connectivity index (χ1) is 7.92. The van der Waals surface area contributed by atoms with Crippen molar-refractivity contribution in [3.05, 3.63) is 23.8 Å². The van der Waals surface area contributed by atoms with Crippen LogP contribution in [-0.2, 0) is 0 Å². The van der Waals surface area contributed by atoms with E-state index in [2.05, 4.69) is 19.2 Å². The number of carboxylic acids is 1. The third-order valence-corrected chi connectivity index (χ3v) is 3.39. The van der Waals surface area contributed by atoms with Crippen molar-refractivity contribution in [3.63, 3.8) is 0 Å². The number of hydrogen-bond donors (Lipinski definition) is 3. The minimum absolute atomic E-state index is 0.0365. The molecule has 0 bridgehead atoms. The van der Waals surface area contributed by atoms with Crippen LogP contribution in [0.15, 0.2) is 18.2 Å². The summed E-state index contributed by atoms with van der Waals surface area (Å²) in [5.74, 6) is -0.342. The Balaban J connectivity index is 2.27. The van der Waals surface area contributed by atoms with Gasteiger partial charge in [0.2, 0.25) is 0 Å². The molecule has 0 unspecified atom stereocenters. The van der Waals surface area contributed by atoms with E-state index in [4.69, 9.17) is 10.8 Å². The van der Waals surface area contributed by atoms with E-state index in [1.165, 1.54) is 18.9 Å². The van der Waals surface area contributed by atoms with Crippen LogP contribution in [0, 0.1) is 5.92 Å². The average Bonchev–Trinajstić information content (AvgIpc) is 3.03. The zero-order valence-corrected chi connectivity index (χ0v) is 10.2. The van der Waals surface area contributed by atoms with Crippen molar-refractivity contribution in [3.8, 4) is 0 Å². The Morgan fingerprint density at radius 2 is 2.12 bits per heavy atom. The number of carboxylic acid groups (broad SMARTS) is 1. The second-order valence-corrected chi connectivity index (χ2v) is 5.19. The second kappa shape index (κ2) is 3.95. The third-order valence-electron chi connectivity index (χ3n) is 3.39. The van der Waals surface area contributed by atoms with Gasteiger partial charge in [0, 0.05) is 5.54 Å². The number of anilines is 2. The van der Waals surface area contributed by atoms with Crippen molar-refractivity contribution < 1.29 is 9.90 Å². The first-order valence-electron chi connectivity index (χ1n) is 5.82. The van der Waals surface area contributed by atoms with Gasteiger partial charge in [-0.25, -0.2) is 4.79 Å². The summed E-state index contributed by atoms with van der Waals surface area (Å²) in [6.07, 6.45) is 2.44. The number of nitrogens with two attached hydrogens (primary N) is 1. The zero-order chi connectivity index (χ0) is 12.6. The summed E-state index contributed by atoms with van der Waals surface area (Å²) >= 11 is 0. The number of nitrogen functional groups attached to an aromatic ring is 1.